The SMILES string of the molecule is CCCCNC(=O)NCc1cc(N(C)C)c2c(c1O)C(O)=C1C(=O)[C@]3(C#N)C(O)=C(C(N)=O)C(=O)[C@@H](N(C)C)[C@]3(N)C[C@]1(N)C2. The predicted octanol–water partition coefficient (Wildman–Crippen LogP) is -0.429. The number of hydrogen-bond donors (Lipinski definition) is 8. The van der Waals surface area contributed by atoms with Crippen LogP contribution < -0.4 is 32.7 Å². The van der Waals surface area contributed by atoms with Gasteiger partial charge >= 0.3 is 6.03 Å². The minimum atomic E-state index is -2.75. The quantitative estimate of drug-likeness (QED) is 0.135. The van der Waals surface area contributed by atoms with E-state index in [2.05, 4.69) is 10.6 Å². The topological polar surface area (TPSA) is 261 Å². The number of amides is 3. The maximum Gasteiger partial charge on any atom is 0.315 e. The van der Waals surface area contributed by atoms with Crippen molar-refractivity contribution in [3.63, 3.8) is 0 Å². The molecule has 3 aliphatic carbocycles. The molecule has 1 fully saturated rings. The third-order valence-corrected chi connectivity index (χ3v) is 9.04. The standard InChI is InChI=1S/C30H40N8O7/c1-6-7-8-35-27(45)36-11-14-9-16(37(2)3)15-10-28(33)12-30(34)23(38(4)5)22(41)18(26(32)44)24(42)29(30,13-31)25(43)19(28)21(40)17(15)20(14)39/h9,23,39-40,42H,6-8,10-12,33-34H2,1-5H3,(H2,32,44)(H2,35,36,45)/t23-,28-,29+,30-/m1/s1. The summed E-state index contributed by atoms with van der Waals surface area (Å²) in [4.78, 5) is 55.8. The number of carbonyl (C=O) groups excluding carboxylic acids is 4. The van der Waals surface area contributed by atoms with Crippen LogP contribution in [0.1, 0.15) is 42.9 Å². The molecule has 0 bridgehead atoms. The van der Waals surface area contributed by atoms with Gasteiger partial charge in [-0.05, 0) is 45.0 Å². The van der Waals surface area contributed by atoms with E-state index in [1.54, 1.807) is 31.1 Å². The second kappa shape index (κ2) is 11.4. The Kier molecular flexibility index (Phi) is 8.40. The minimum absolute atomic E-state index is 0.144. The number of likely N-dealkylation sites (N-methyl/N-ethyl adjacent to an activating group) is 1. The molecule has 0 spiro atoms. The number of Topliss-reactive ketones (excluding diaryl/α,β-unsaturated/α-hetero) is 2. The molecule has 1 saturated carbocycles. The maximum absolute atomic E-state index is 14.6. The number of benzene rings is 1. The highest BCUT2D eigenvalue weighted by Crippen LogP contribution is 2.59. The van der Waals surface area contributed by atoms with E-state index in [4.69, 9.17) is 17.2 Å². The molecule has 1 aromatic carbocycles. The molecule has 4 atom stereocenters. The van der Waals surface area contributed by atoms with Crippen molar-refractivity contribution in [1.82, 2.24) is 15.5 Å². The molecule has 11 N–H and O–H groups in total. The Hall–Kier alpha value is -4.65. The number of carbonyl (C=O) groups is 4. The number of hydrogen-bond acceptors (Lipinski definition) is 12. The molecule has 15 nitrogen and oxygen atoms in total. The van der Waals surface area contributed by atoms with Gasteiger partial charge in [0.05, 0.1) is 34.3 Å². The Morgan fingerprint density at radius 2 is 1.78 bits per heavy atom. The monoisotopic (exact) mass is 624 g/mol. The summed E-state index contributed by atoms with van der Waals surface area (Å²) in [6.45, 7) is 2.29. The Morgan fingerprint density at radius 1 is 1.13 bits per heavy atom. The van der Waals surface area contributed by atoms with Gasteiger partial charge in [-0.25, -0.2) is 4.79 Å². The molecular formula is C30H40N8O7. The summed E-state index contributed by atoms with van der Waals surface area (Å²) in [7, 11) is 6.34. The lowest BCUT2D eigenvalue weighted by molar-refractivity contribution is -0.139. The van der Waals surface area contributed by atoms with Crippen LogP contribution in [0.15, 0.2) is 23.0 Å². The zero-order valence-electron chi connectivity index (χ0n) is 25.9. The molecule has 0 radical (unpaired) electrons. The number of rotatable bonds is 8. The fourth-order valence-corrected chi connectivity index (χ4v) is 7.08. The molecule has 3 aliphatic rings. The number of ketones is 2. The summed E-state index contributed by atoms with van der Waals surface area (Å²) >= 11 is 0. The summed E-state index contributed by atoms with van der Waals surface area (Å²) < 4.78 is 0. The summed E-state index contributed by atoms with van der Waals surface area (Å²) in [5, 5.41) is 50.5. The van der Waals surface area contributed by atoms with Crippen LogP contribution in [0.4, 0.5) is 10.5 Å². The van der Waals surface area contributed by atoms with Gasteiger partial charge in [0.15, 0.2) is 17.0 Å². The minimum Gasteiger partial charge on any atom is -0.509 e. The molecule has 0 aromatic heterocycles. The fourth-order valence-electron chi connectivity index (χ4n) is 7.08. The second-order valence-corrected chi connectivity index (χ2v) is 12.4. The number of nitriles is 1. The van der Waals surface area contributed by atoms with E-state index in [1.807, 2.05) is 6.92 Å². The lowest BCUT2D eigenvalue weighted by Gasteiger charge is -2.58. The van der Waals surface area contributed by atoms with Crippen molar-refractivity contribution < 1.29 is 34.5 Å². The van der Waals surface area contributed by atoms with Crippen molar-refractivity contribution >= 4 is 35.0 Å². The highest BCUT2D eigenvalue weighted by Gasteiger charge is 2.74. The molecule has 45 heavy (non-hydrogen) atoms. The van der Waals surface area contributed by atoms with Crippen LogP contribution in [-0.2, 0) is 27.3 Å². The first-order valence-electron chi connectivity index (χ1n) is 14.4. The molecule has 3 amide bonds. The number of phenolic OH excluding ortho intramolecular Hbond substituents is 1. The summed E-state index contributed by atoms with van der Waals surface area (Å²) in [6.07, 6.45) is 1.01. The number of aromatic hydroxyl groups is 1. The summed E-state index contributed by atoms with van der Waals surface area (Å²) in [5.41, 5.74) is 11.9. The number of fused-ring (bicyclic) bond motifs is 3. The van der Waals surface area contributed by atoms with Crippen LogP contribution in [0, 0.1) is 16.7 Å². The molecule has 0 unspecified atom stereocenters. The first kappa shape index (κ1) is 33.2. The Balaban J connectivity index is 1.98. The van der Waals surface area contributed by atoms with Crippen LogP contribution in [0.3, 0.4) is 0 Å². The van der Waals surface area contributed by atoms with E-state index in [0.29, 0.717) is 17.8 Å². The Labute approximate surface area is 260 Å². The average Bonchev–Trinajstić information content (AvgIpc) is 2.91. The van der Waals surface area contributed by atoms with E-state index in [-0.39, 0.29) is 24.1 Å². The number of aliphatic hydroxyl groups is 2. The first-order chi connectivity index (χ1) is 20.9. The van der Waals surface area contributed by atoms with Crippen molar-refractivity contribution in [2.24, 2.45) is 22.6 Å². The van der Waals surface area contributed by atoms with Crippen LogP contribution in [-0.4, -0.2) is 95.6 Å². The van der Waals surface area contributed by atoms with Crippen molar-refractivity contribution in [2.45, 2.75) is 56.3 Å². The molecular weight excluding hydrogens is 584 g/mol. The third-order valence-electron chi connectivity index (χ3n) is 9.04. The Morgan fingerprint density at radius 3 is 2.31 bits per heavy atom. The smallest absolute Gasteiger partial charge is 0.315 e. The van der Waals surface area contributed by atoms with Gasteiger partial charge in [-0.2, -0.15) is 5.26 Å². The molecule has 1 aromatic rings. The highest BCUT2D eigenvalue weighted by atomic mass is 16.3. The molecule has 0 heterocycles. The number of nitrogens with two attached hydrogens (primary N) is 3. The molecule has 0 saturated heterocycles. The third kappa shape index (κ3) is 4.68. The van der Waals surface area contributed by atoms with Crippen molar-refractivity contribution in [3.05, 3.63) is 39.7 Å². The molecule has 15 heteroatoms. The van der Waals surface area contributed by atoms with Crippen LogP contribution in [0.2, 0.25) is 0 Å². The first-order valence-corrected chi connectivity index (χ1v) is 14.4. The van der Waals surface area contributed by atoms with Crippen LogP contribution in [0.25, 0.3) is 5.76 Å². The van der Waals surface area contributed by atoms with Gasteiger partial charge in [0, 0.05) is 38.4 Å². The van der Waals surface area contributed by atoms with Gasteiger partial charge in [0.25, 0.3) is 5.91 Å². The number of unbranched alkanes of at least 4 members (excludes halogenated alkanes) is 1. The van der Waals surface area contributed by atoms with Crippen molar-refractivity contribution in [2.75, 3.05) is 39.6 Å². The van der Waals surface area contributed by atoms with Gasteiger partial charge in [-0.3, -0.25) is 19.3 Å². The number of nitrogens with zero attached hydrogens (tertiary/aromatic N) is 3. The molecule has 242 valence electrons. The van der Waals surface area contributed by atoms with E-state index in [1.165, 1.54) is 19.0 Å². The zero-order valence-corrected chi connectivity index (χ0v) is 25.9. The van der Waals surface area contributed by atoms with E-state index >= 15 is 0 Å². The van der Waals surface area contributed by atoms with Gasteiger partial charge in [-0.1, -0.05) is 13.3 Å². The largest absolute Gasteiger partial charge is 0.509 e. The predicted molar refractivity (Wildman–Crippen MR) is 164 cm³/mol. The zero-order chi connectivity index (χ0) is 33.8. The Bertz CT molecular complexity index is 1610. The van der Waals surface area contributed by atoms with E-state index in [0.717, 1.165) is 12.8 Å². The van der Waals surface area contributed by atoms with Crippen molar-refractivity contribution in [1.29, 1.82) is 5.26 Å². The van der Waals surface area contributed by atoms with E-state index < -0.39 is 80.9 Å². The second-order valence-electron chi connectivity index (χ2n) is 12.4. The number of primary amides is 1. The van der Waals surface area contributed by atoms with Gasteiger partial charge in [0.1, 0.15) is 22.8 Å². The number of aliphatic hydroxyl groups excluding tert-OH is 2. The number of nitrogens with one attached hydrogen (secondary N) is 2. The lowest BCUT2D eigenvalue weighted by Crippen LogP contribution is -2.80. The van der Waals surface area contributed by atoms with Gasteiger partial charge in [-0.15, -0.1) is 0 Å². The summed E-state index contributed by atoms with van der Waals surface area (Å²) in [6, 6.07) is 1.41. The number of anilines is 1. The normalized spacial score (nSPS) is 27.4. The number of urea groups is 1. The molecule has 0 aliphatic heterocycles. The van der Waals surface area contributed by atoms with Gasteiger partial charge in [0.2, 0.25) is 0 Å². The van der Waals surface area contributed by atoms with E-state index in [9.17, 15) is 39.8 Å². The van der Waals surface area contributed by atoms with Crippen molar-refractivity contribution in [3.8, 4) is 11.8 Å². The lowest BCUT2D eigenvalue weighted by atomic mass is 9.47. The highest BCUT2D eigenvalue weighted by molar-refractivity contribution is 6.25. The van der Waals surface area contributed by atoms with Crippen LogP contribution in [0.5, 0.6) is 5.75 Å². The molecule has 4 rings (SSSR count). The van der Waals surface area contributed by atoms with Crippen LogP contribution >= 0.6 is 0 Å². The number of phenols is 1. The summed E-state index contributed by atoms with van der Waals surface area (Å²) in [5.74, 6) is -6.00. The fraction of sp³-hybridized carbons (Fsp3) is 0.500. The average molecular weight is 625 g/mol. The van der Waals surface area contributed by atoms with Gasteiger partial charge < -0.3 is 48.1 Å². The maximum atomic E-state index is 14.6.